The average molecular weight is 482 g/mol. The molecule has 0 saturated heterocycles. The second-order valence-electron chi connectivity index (χ2n) is 7.96. The van der Waals surface area contributed by atoms with Crippen LogP contribution >= 0.6 is 0 Å². The van der Waals surface area contributed by atoms with Gasteiger partial charge in [-0.05, 0) is 53.8 Å². The van der Waals surface area contributed by atoms with Gasteiger partial charge in [0, 0.05) is 11.1 Å². The number of hydrogen-bond donors (Lipinski definition) is 1. The average Bonchev–Trinajstić information content (AvgIpc) is 3.24. The van der Waals surface area contributed by atoms with Crippen LogP contribution in [0.5, 0.6) is 0 Å². The summed E-state index contributed by atoms with van der Waals surface area (Å²) in [5.74, 6) is 0. The Bertz CT molecular complexity index is 1390. The number of aromatic nitrogens is 2. The fraction of sp³-hybridized carbons (Fsp3) is 0.192. The maximum absolute atomic E-state index is 14.3. The Balaban J connectivity index is 2.01. The predicted molar refractivity (Wildman–Crippen MR) is 130 cm³/mol. The lowest BCUT2D eigenvalue weighted by molar-refractivity contribution is 0.146. The van der Waals surface area contributed by atoms with Crippen LogP contribution in [0.1, 0.15) is 37.1 Å². The van der Waals surface area contributed by atoms with E-state index in [-0.39, 0.29) is 10.6 Å². The molecule has 0 aliphatic heterocycles. The zero-order valence-electron chi connectivity index (χ0n) is 18.9. The molecular weight excluding hydrogens is 456 g/mol. The first-order valence-corrected chi connectivity index (χ1v) is 12.5. The van der Waals surface area contributed by atoms with Crippen LogP contribution < -0.4 is 5.14 Å². The molecule has 0 aliphatic rings. The van der Waals surface area contributed by atoms with Gasteiger partial charge in [-0.1, -0.05) is 62.4 Å². The molecule has 8 heteroatoms. The van der Waals surface area contributed by atoms with Crippen LogP contribution in [0.15, 0.2) is 77.7 Å². The Morgan fingerprint density at radius 1 is 0.824 bits per heavy atom. The molecule has 3 aromatic carbocycles. The van der Waals surface area contributed by atoms with Gasteiger partial charge in [0.25, 0.3) is 6.43 Å². The van der Waals surface area contributed by atoms with E-state index in [2.05, 4.69) is 5.10 Å². The number of rotatable bonds is 7. The quantitative estimate of drug-likeness (QED) is 0.356. The number of alkyl halides is 2. The predicted octanol–water partition coefficient (Wildman–Crippen LogP) is 5.92. The molecule has 0 fully saturated rings. The van der Waals surface area contributed by atoms with Crippen LogP contribution in [0.25, 0.3) is 28.1 Å². The molecule has 5 nitrogen and oxygen atoms in total. The Morgan fingerprint density at radius 3 is 1.79 bits per heavy atom. The van der Waals surface area contributed by atoms with E-state index < -0.39 is 16.4 Å². The first-order valence-electron chi connectivity index (χ1n) is 11.0. The van der Waals surface area contributed by atoms with Crippen molar-refractivity contribution >= 4 is 10.0 Å². The Kier molecular flexibility index (Phi) is 6.63. The first-order chi connectivity index (χ1) is 16.2. The largest absolute Gasteiger partial charge is 0.282 e. The van der Waals surface area contributed by atoms with Gasteiger partial charge in [-0.25, -0.2) is 27.0 Å². The highest BCUT2D eigenvalue weighted by Crippen LogP contribution is 2.40. The zero-order chi connectivity index (χ0) is 24.5. The van der Waals surface area contributed by atoms with Crippen LogP contribution in [0, 0.1) is 0 Å². The van der Waals surface area contributed by atoms with E-state index in [0.29, 0.717) is 28.1 Å². The van der Waals surface area contributed by atoms with Gasteiger partial charge in [-0.3, -0.25) is 0 Å². The van der Waals surface area contributed by atoms with E-state index in [4.69, 9.17) is 5.14 Å². The maximum atomic E-state index is 14.3. The van der Waals surface area contributed by atoms with E-state index in [1.807, 2.05) is 62.4 Å². The van der Waals surface area contributed by atoms with Crippen molar-refractivity contribution in [3.8, 4) is 28.1 Å². The molecule has 34 heavy (non-hydrogen) atoms. The lowest BCUT2D eigenvalue weighted by atomic mass is 9.97. The van der Waals surface area contributed by atoms with E-state index >= 15 is 0 Å². The Hall–Kier alpha value is -3.36. The van der Waals surface area contributed by atoms with Crippen molar-refractivity contribution in [2.24, 2.45) is 5.14 Å². The molecule has 4 rings (SSSR count). The molecule has 1 aromatic heterocycles. The Morgan fingerprint density at radius 2 is 1.32 bits per heavy atom. The second kappa shape index (κ2) is 9.48. The highest BCUT2D eigenvalue weighted by atomic mass is 32.2. The molecule has 0 bridgehead atoms. The van der Waals surface area contributed by atoms with Crippen molar-refractivity contribution < 1.29 is 17.2 Å². The molecule has 1 heterocycles. The SMILES string of the molecule is CCc1ccc(-c2c(C(F)F)nn(-c3ccc(CC)cc3)c2-c2ccc(S(N)(=O)=O)cc2)cc1. The third kappa shape index (κ3) is 4.64. The topological polar surface area (TPSA) is 78.0 Å². The number of halogens is 2. The summed E-state index contributed by atoms with van der Waals surface area (Å²) >= 11 is 0. The lowest BCUT2D eigenvalue weighted by Crippen LogP contribution is -2.11. The third-order valence-corrected chi connectivity index (χ3v) is 6.74. The fourth-order valence-corrected chi connectivity index (χ4v) is 4.42. The summed E-state index contributed by atoms with van der Waals surface area (Å²) in [6.07, 6.45) is -1.13. The molecule has 0 radical (unpaired) electrons. The van der Waals surface area contributed by atoms with Crippen LogP contribution in [-0.2, 0) is 22.9 Å². The summed E-state index contributed by atoms with van der Waals surface area (Å²) in [5, 5.41) is 9.57. The van der Waals surface area contributed by atoms with Crippen molar-refractivity contribution in [1.82, 2.24) is 9.78 Å². The molecule has 0 unspecified atom stereocenters. The standard InChI is InChI=1S/C26H25F2N3O2S/c1-3-17-5-9-19(10-6-17)23-24(26(27)28)30-31(21-13-7-18(4-2)8-14-21)25(23)20-11-15-22(16-12-20)34(29,32)33/h5-16,26H,3-4H2,1-2H3,(H2,29,32,33). The van der Waals surface area contributed by atoms with Crippen LogP contribution in [0.3, 0.4) is 0 Å². The van der Waals surface area contributed by atoms with Crippen LogP contribution in [-0.4, -0.2) is 18.2 Å². The molecule has 0 atom stereocenters. The number of primary sulfonamides is 1. The molecule has 0 saturated carbocycles. The molecular formula is C26H25F2N3O2S. The number of nitrogens with two attached hydrogens (primary N) is 1. The summed E-state index contributed by atoms with van der Waals surface area (Å²) in [4.78, 5) is -0.0578. The van der Waals surface area contributed by atoms with E-state index in [0.717, 1.165) is 24.0 Å². The number of benzene rings is 3. The van der Waals surface area contributed by atoms with Gasteiger partial charge in [0.1, 0.15) is 5.69 Å². The molecule has 176 valence electrons. The van der Waals surface area contributed by atoms with Crippen molar-refractivity contribution in [3.63, 3.8) is 0 Å². The highest BCUT2D eigenvalue weighted by Gasteiger charge is 2.27. The van der Waals surface area contributed by atoms with Gasteiger partial charge in [0.05, 0.1) is 16.3 Å². The Labute approximate surface area is 197 Å². The molecule has 4 aromatic rings. The third-order valence-electron chi connectivity index (χ3n) is 5.82. The lowest BCUT2D eigenvalue weighted by Gasteiger charge is -2.12. The van der Waals surface area contributed by atoms with Crippen LogP contribution in [0.4, 0.5) is 8.78 Å². The molecule has 2 N–H and O–H groups in total. The van der Waals surface area contributed by atoms with E-state index in [1.54, 1.807) is 12.1 Å². The number of sulfonamides is 1. The van der Waals surface area contributed by atoms with Crippen molar-refractivity contribution in [2.45, 2.75) is 38.0 Å². The van der Waals surface area contributed by atoms with Crippen molar-refractivity contribution in [2.75, 3.05) is 0 Å². The zero-order valence-corrected chi connectivity index (χ0v) is 19.7. The van der Waals surface area contributed by atoms with Gasteiger partial charge in [-0.15, -0.1) is 0 Å². The smallest absolute Gasteiger partial charge is 0.232 e. The van der Waals surface area contributed by atoms with Gasteiger partial charge in [-0.2, -0.15) is 5.10 Å². The minimum absolute atomic E-state index is 0.0578. The first kappa shape index (κ1) is 23.8. The van der Waals surface area contributed by atoms with Crippen molar-refractivity contribution in [3.05, 3.63) is 89.6 Å². The van der Waals surface area contributed by atoms with Crippen LogP contribution in [0.2, 0.25) is 0 Å². The van der Waals surface area contributed by atoms with E-state index in [9.17, 15) is 17.2 Å². The van der Waals surface area contributed by atoms with Gasteiger partial charge in [0.15, 0.2) is 0 Å². The molecule has 0 spiro atoms. The summed E-state index contributed by atoms with van der Waals surface area (Å²) < 4.78 is 53.5. The normalized spacial score (nSPS) is 11.8. The minimum atomic E-state index is -3.89. The maximum Gasteiger partial charge on any atom is 0.282 e. The number of aryl methyl sites for hydroxylation is 2. The van der Waals surface area contributed by atoms with Crippen molar-refractivity contribution in [1.29, 1.82) is 0 Å². The summed E-state index contributed by atoms with van der Waals surface area (Å²) in [6.45, 7) is 4.06. The molecule has 0 amide bonds. The molecule has 0 aliphatic carbocycles. The van der Waals surface area contributed by atoms with Gasteiger partial charge < -0.3 is 0 Å². The fourth-order valence-electron chi connectivity index (χ4n) is 3.91. The van der Waals surface area contributed by atoms with E-state index in [1.165, 1.54) is 16.8 Å². The summed E-state index contributed by atoms with van der Waals surface area (Å²) in [5.41, 5.74) is 4.39. The highest BCUT2D eigenvalue weighted by molar-refractivity contribution is 7.89. The minimum Gasteiger partial charge on any atom is -0.232 e. The number of hydrogen-bond acceptors (Lipinski definition) is 3. The summed E-state index contributed by atoms with van der Waals surface area (Å²) in [7, 11) is -3.89. The second-order valence-corrected chi connectivity index (χ2v) is 9.52. The number of nitrogens with zero attached hydrogens (tertiary/aromatic N) is 2. The monoisotopic (exact) mass is 481 g/mol. The summed E-state index contributed by atoms with van der Waals surface area (Å²) in [6, 6.07) is 20.9. The van der Waals surface area contributed by atoms with Gasteiger partial charge >= 0.3 is 0 Å². The van der Waals surface area contributed by atoms with Gasteiger partial charge in [0.2, 0.25) is 10.0 Å².